The van der Waals surface area contributed by atoms with Gasteiger partial charge in [-0.3, -0.25) is 9.89 Å². The first-order valence-corrected chi connectivity index (χ1v) is 7.31. The highest BCUT2D eigenvalue weighted by atomic mass is 16.2. The zero-order chi connectivity index (χ0) is 15.4. The number of benzene rings is 1. The van der Waals surface area contributed by atoms with E-state index < -0.39 is 0 Å². The van der Waals surface area contributed by atoms with E-state index >= 15 is 0 Å². The summed E-state index contributed by atoms with van der Waals surface area (Å²) in [6, 6.07) is 5.98. The van der Waals surface area contributed by atoms with Crippen LogP contribution in [-0.4, -0.2) is 16.1 Å². The van der Waals surface area contributed by atoms with Crippen LogP contribution in [0.4, 0.5) is 11.4 Å². The van der Waals surface area contributed by atoms with Crippen molar-refractivity contribution in [3.8, 4) is 0 Å². The Morgan fingerprint density at radius 1 is 1.38 bits per heavy atom. The number of hydrogen-bond donors (Lipinski definition) is 3. The maximum atomic E-state index is 12.4. The van der Waals surface area contributed by atoms with Crippen molar-refractivity contribution in [2.75, 3.05) is 11.1 Å². The molecular formula is C16H22N4O. The lowest BCUT2D eigenvalue weighted by Gasteiger charge is -2.12. The molecule has 21 heavy (non-hydrogen) atoms. The van der Waals surface area contributed by atoms with Crippen molar-refractivity contribution in [3.63, 3.8) is 0 Å². The molecule has 1 aromatic carbocycles. The molecule has 0 aliphatic carbocycles. The van der Waals surface area contributed by atoms with Gasteiger partial charge in [0.1, 0.15) is 0 Å². The summed E-state index contributed by atoms with van der Waals surface area (Å²) in [7, 11) is 0. The number of anilines is 2. The van der Waals surface area contributed by atoms with Gasteiger partial charge in [-0.15, -0.1) is 0 Å². The highest BCUT2D eigenvalue weighted by Gasteiger charge is 2.18. The first kappa shape index (κ1) is 15.1. The van der Waals surface area contributed by atoms with Crippen molar-refractivity contribution in [1.29, 1.82) is 0 Å². The van der Waals surface area contributed by atoms with Gasteiger partial charge in [0, 0.05) is 5.69 Å². The van der Waals surface area contributed by atoms with Gasteiger partial charge in [-0.05, 0) is 30.9 Å². The van der Waals surface area contributed by atoms with E-state index in [-0.39, 0.29) is 11.6 Å². The summed E-state index contributed by atoms with van der Waals surface area (Å²) in [5.74, 6) is -0.268. The monoisotopic (exact) mass is 286 g/mol. The normalized spacial score (nSPS) is 10.6. The highest BCUT2D eigenvalue weighted by molar-refractivity contribution is 6.07. The number of aromatic nitrogens is 2. The smallest absolute Gasteiger partial charge is 0.278 e. The van der Waals surface area contributed by atoms with Gasteiger partial charge < -0.3 is 11.1 Å². The largest absolute Gasteiger partial charge is 0.395 e. The molecule has 0 saturated heterocycles. The number of nitrogens with zero attached hydrogens (tertiary/aromatic N) is 1. The van der Waals surface area contributed by atoms with Crippen molar-refractivity contribution in [2.24, 2.45) is 0 Å². The Labute approximate surface area is 124 Å². The van der Waals surface area contributed by atoms with Gasteiger partial charge in [-0.1, -0.05) is 38.5 Å². The number of nitrogens with one attached hydrogen (secondary N) is 2. The standard InChI is InChI=1S/C16H22N4O/c1-4-7-12-13(17)15(20-19-12)16(21)18-14-10(3)8-6-9-11(14)5-2/h6,8-9H,4-5,7,17H2,1-3H3,(H,18,21)(H,19,20). The topological polar surface area (TPSA) is 83.8 Å². The number of carbonyl (C=O) groups is 1. The SMILES string of the molecule is CCCc1[nH]nc(C(=O)Nc2c(C)cccc2CC)c1N. The molecule has 1 amide bonds. The molecule has 0 bridgehead atoms. The highest BCUT2D eigenvalue weighted by Crippen LogP contribution is 2.23. The van der Waals surface area contributed by atoms with Crippen LogP contribution < -0.4 is 11.1 Å². The van der Waals surface area contributed by atoms with Crippen molar-refractivity contribution in [1.82, 2.24) is 10.2 Å². The minimum absolute atomic E-state index is 0.267. The second-order valence-corrected chi connectivity index (χ2v) is 5.13. The van der Waals surface area contributed by atoms with E-state index in [0.717, 1.165) is 41.8 Å². The van der Waals surface area contributed by atoms with E-state index in [4.69, 9.17) is 5.73 Å². The minimum Gasteiger partial charge on any atom is -0.395 e. The third kappa shape index (κ3) is 3.07. The minimum atomic E-state index is -0.268. The molecule has 0 spiro atoms. The second kappa shape index (κ2) is 6.43. The number of nitrogens with two attached hydrogens (primary N) is 1. The maximum Gasteiger partial charge on any atom is 0.278 e. The van der Waals surface area contributed by atoms with Crippen LogP contribution in [0.15, 0.2) is 18.2 Å². The summed E-state index contributed by atoms with van der Waals surface area (Å²) < 4.78 is 0. The Kier molecular flexibility index (Phi) is 4.62. The third-order valence-electron chi connectivity index (χ3n) is 3.58. The number of aromatic amines is 1. The Hall–Kier alpha value is -2.30. The molecule has 5 heteroatoms. The molecule has 0 unspecified atom stereocenters. The Bertz CT molecular complexity index is 646. The molecule has 0 radical (unpaired) electrons. The van der Waals surface area contributed by atoms with Crippen LogP contribution in [0, 0.1) is 6.92 Å². The molecule has 0 aliphatic heterocycles. The summed E-state index contributed by atoms with van der Waals surface area (Å²) in [5, 5.41) is 9.84. The van der Waals surface area contributed by atoms with Crippen LogP contribution in [0.2, 0.25) is 0 Å². The first-order chi connectivity index (χ1) is 10.1. The molecule has 1 aromatic heterocycles. The summed E-state index contributed by atoms with van der Waals surface area (Å²) in [6.45, 7) is 6.10. The van der Waals surface area contributed by atoms with Crippen molar-refractivity contribution < 1.29 is 4.79 Å². The molecule has 0 fully saturated rings. The van der Waals surface area contributed by atoms with Crippen molar-refractivity contribution in [3.05, 3.63) is 40.7 Å². The quantitative estimate of drug-likeness (QED) is 0.789. The molecule has 5 nitrogen and oxygen atoms in total. The number of rotatable bonds is 5. The number of amides is 1. The van der Waals surface area contributed by atoms with Gasteiger partial charge in [0.25, 0.3) is 5.91 Å². The van der Waals surface area contributed by atoms with Gasteiger partial charge in [0.05, 0.1) is 11.4 Å². The number of aryl methyl sites for hydroxylation is 3. The van der Waals surface area contributed by atoms with Crippen LogP contribution in [0.3, 0.4) is 0 Å². The predicted octanol–water partition coefficient (Wildman–Crippen LogP) is 3.07. The van der Waals surface area contributed by atoms with Crippen LogP contribution in [0.1, 0.15) is 47.6 Å². The van der Waals surface area contributed by atoms with Crippen molar-refractivity contribution >= 4 is 17.3 Å². The lowest BCUT2D eigenvalue weighted by molar-refractivity contribution is 0.102. The van der Waals surface area contributed by atoms with Crippen molar-refractivity contribution in [2.45, 2.75) is 40.0 Å². The fraction of sp³-hybridized carbons (Fsp3) is 0.375. The molecule has 0 aliphatic rings. The average molecular weight is 286 g/mol. The van der Waals surface area contributed by atoms with E-state index in [1.807, 2.05) is 25.1 Å². The van der Waals surface area contributed by atoms with Gasteiger partial charge in [0.2, 0.25) is 0 Å². The number of carbonyl (C=O) groups excluding carboxylic acids is 1. The summed E-state index contributed by atoms with van der Waals surface area (Å²) in [4.78, 5) is 12.4. The van der Waals surface area contributed by atoms with Gasteiger partial charge in [0.15, 0.2) is 5.69 Å². The lowest BCUT2D eigenvalue weighted by atomic mass is 10.1. The summed E-state index contributed by atoms with van der Waals surface area (Å²) >= 11 is 0. The van der Waals surface area contributed by atoms with E-state index in [0.29, 0.717) is 5.69 Å². The second-order valence-electron chi connectivity index (χ2n) is 5.13. The molecule has 0 atom stereocenters. The fourth-order valence-electron chi connectivity index (χ4n) is 2.38. The van der Waals surface area contributed by atoms with Crippen LogP contribution >= 0.6 is 0 Å². The maximum absolute atomic E-state index is 12.4. The molecule has 112 valence electrons. The number of para-hydroxylation sites is 1. The average Bonchev–Trinajstić information content (AvgIpc) is 2.83. The molecule has 1 heterocycles. The predicted molar refractivity (Wildman–Crippen MR) is 85.5 cm³/mol. The van der Waals surface area contributed by atoms with E-state index in [2.05, 4.69) is 29.4 Å². The van der Waals surface area contributed by atoms with E-state index in [1.54, 1.807) is 0 Å². The molecule has 0 saturated carbocycles. The lowest BCUT2D eigenvalue weighted by Crippen LogP contribution is -2.16. The fourth-order valence-corrected chi connectivity index (χ4v) is 2.38. The first-order valence-electron chi connectivity index (χ1n) is 7.31. The number of H-pyrrole nitrogens is 1. The molecule has 2 rings (SSSR count). The zero-order valence-corrected chi connectivity index (χ0v) is 12.8. The Morgan fingerprint density at radius 2 is 2.14 bits per heavy atom. The molecule has 4 N–H and O–H groups in total. The summed E-state index contributed by atoms with van der Waals surface area (Å²) in [6.07, 6.45) is 2.59. The molecule has 2 aromatic rings. The summed E-state index contributed by atoms with van der Waals surface area (Å²) in [5.41, 5.74) is 10.5. The van der Waals surface area contributed by atoms with Gasteiger partial charge in [-0.2, -0.15) is 5.10 Å². The van der Waals surface area contributed by atoms with Gasteiger partial charge in [-0.25, -0.2) is 0 Å². The van der Waals surface area contributed by atoms with Crippen LogP contribution in [0.25, 0.3) is 0 Å². The van der Waals surface area contributed by atoms with E-state index in [9.17, 15) is 4.79 Å². The van der Waals surface area contributed by atoms with Gasteiger partial charge >= 0.3 is 0 Å². The zero-order valence-electron chi connectivity index (χ0n) is 12.8. The van der Waals surface area contributed by atoms with Crippen LogP contribution in [0.5, 0.6) is 0 Å². The Morgan fingerprint density at radius 3 is 2.81 bits per heavy atom. The Balaban J connectivity index is 2.27. The number of hydrogen-bond acceptors (Lipinski definition) is 3. The molecular weight excluding hydrogens is 264 g/mol. The van der Waals surface area contributed by atoms with Crippen LogP contribution in [-0.2, 0) is 12.8 Å². The van der Waals surface area contributed by atoms with E-state index in [1.165, 1.54) is 0 Å². The third-order valence-corrected chi connectivity index (χ3v) is 3.58. The number of nitrogen functional groups attached to an aromatic ring is 1.